The average molecular weight is 319 g/mol. The second kappa shape index (κ2) is 5.14. The monoisotopic (exact) mass is 319 g/mol. The second-order valence-electron chi connectivity index (χ2n) is 5.42. The Balaban J connectivity index is 2.49. The highest BCUT2D eigenvalue weighted by molar-refractivity contribution is 6.17. The van der Waals surface area contributed by atoms with E-state index in [4.69, 9.17) is 15.1 Å². The lowest BCUT2D eigenvalue weighted by Crippen LogP contribution is -2.84. The lowest BCUT2D eigenvalue weighted by molar-refractivity contribution is -0.227. The van der Waals surface area contributed by atoms with Crippen LogP contribution in [0, 0.1) is 0 Å². The summed E-state index contributed by atoms with van der Waals surface area (Å²) in [5, 5.41) is 55.0. The third-order valence-corrected chi connectivity index (χ3v) is 3.76. The predicted octanol–water partition coefficient (Wildman–Crippen LogP) is -4.03. The van der Waals surface area contributed by atoms with Gasteiger partial charge in [-0.3, -0.25) is 9.59 Å². The van der Waals surface area contributed by atoms with Crippen molar-refractivity contribution in [2.24, 2.45) is 5.16 Å². The van der Waals surface area contributed by atoms with Crippen molar-refractivity contribution in [2.75, 3.05) is 13.2 Å². The molecular formula is C11H17N3O8. The van der Waals surface area contributed by atoms with E-state index in [1.165, 1.54) is 0 Å². The summed E-state index contributed by atoms with van der Waals surface area (Å²) in [6.07, 6.45) is -2.26. The predicted molar refractivity (Wildman–Crippen MR) is 67.5 cm³/mol. The standard InChI is InChI=1S/C11H17N3O8/c1-9(19,4-15)6(16)11-8(18)12-10(20,7(17)13-11)5(14-21)2-3-22-11/h6,15-16,19-21H,2-4H2,1H3,(H,12,18)(H,13,17)/t6-,9-,10+,11-/m0/s1. The number of oxime groups is 1. The number of hydrogen-bond donors (Lipinski definition) is 7. The van der Waals surface area contributed by atoms with Crippen LogP contribution in [0.25, 0.3) is 0 Å². The first kappa shape index (κ1) is 16.6. The van der Waals surface area contributed by atoms with Crippen molar-refractivity contribution in [1.29, 1.82) is 0 Å². The molecule has 3 rings (SSSR count). The molecule has 0 aromatic carbocycles. The number of amides is 2. The van der Waals surface area contributed by atoms with Gasteiger partial charge in [0.05, 0.1) is 13.2 Å². The van der Waals surface area contributed by atoms with Crippen LogP contribution in [0.15, 0.2) is 5.16 Å². The number of ether oxygens (including phenoxy) is 1. The van der Waals surface area contributed by atoms with Crippen molar-refractivity contribution in [3.8, 4) is 0 Å². The van der Waals surface area contributed by atoms with Crippen LogP contribution in [0.1, 0.15) is 13.3 Å². The van der Waals surface area contributed by atoms with Gasteiger partial charge in [-0.2, -0.15) is 0 Å². The number of piperazine rings is 1. The van der Waals surface area contributed by atoms with Gasteiger partial charge in [0.15, 0.2) is 0 Å². The molecule has 7 N–H and O–H groups in total. The van der Waals surface area contributed by atoms with E-state index in [0.29, 0.717) is 0 Å². The molecule has 4 atom stereocenters. The van der Waals surface area contributed by atoms with Crippen LogP contribution in [-0.4, -0.2) is 79.5 Å². The van der Waals surface area contributed by atoms with Crippen molar-refractivity contribution in [2.45, 2.75) is 36.5 Å². The number of nitrogens with one attached hydrogen (secondary N) is 2. The average Bonchev–Trinajstić information content (AvgIpc) is 2.46. The van der Waals surface area contributed by atoms with Crippen LogP contribution in [0.4, 0.5) is 0 Å². The fraction of sp³-hybridized carbons (Fsp3) is 0.727. The fourth-order valence-corrected chi connectivity index (χ4v) is 2.34. The van der Waals surface area contributed by atoms with Gasteiger partial charge in [-0.05, 0) is 6.92 Å². The van der Waals surface area contributed by atoms with E-state index in [9.17, 15) is 24.9 Å². The molecule has 11 heteroatoms. The first-order valence-corrected chi connectivity index (χ1v) is 6.38. The smallest absolute Gasteiger partial charge is 0.282 e. The molecule has 3 saturated heterocycles. The summed E-state index contributed by atoms with van der Waals surface area (Å²) in [4.78, 5) is 24.4. The minimum absolute atomic E-state index is 0.226. The molecule has 0 spiro atoms. The maximum absolute atomic E-state index is 12.3. The Bertz CT molecular complexity index is 535. The number of rotatable bonds is 3. The molecule has 2 bridgehead atoms. The quantitative estimate of drug-likeness (QED) is 0.203. The molecule has 3 fully saturated rings. The molecule has 3 aliphatic rings. The number of fused-ring (bicyclic) bond motifs is 5. The largest absolute Gasteiger partial charge is 0.411 e. The van der Waals surface area contributed by atoms with Gasteiger partial charge in [0.25, 0.3) is 23.3 Å². The lowest BCUT2D eigenvalue weighted by atomic mass is 9.85. The minimum atomic E-state index is -2.59. The van der Waals surface area contributed by atoms with Gasteiger partial charge >= 0.3 is 0 Å². The topological polar surface area (TPSA) is 181 Å². The number of hydrogen-bond acceptors (Lipinski definition) is 9. The zero-order chi connectivity index (χ0) is 16.8. The van der Waals surface area contributed by atoms with Crippen LogP contribution in [0.3, 0.4) is 0 Å². The molecule has 124 valence electrons. The molecule has 0 saturated carbocycles. The van der Waals surface area contributed by atoms with Gasteiger partial charge in [0.2, 0.25) is 0 Å². The van der Waals surface area contributed by atoms with Gasteiger partial charge in [0.1, 0.15) is 17.4 Å². The number of carbonyl (C=O) groups is 2. The van der Waals surface area contributed by atoms with Crippen LogP contribution in [0.2, 0.25) is 0 Å². The van der Waals surface area contributed by atoms with Crippen molar-refractivity contribution in [3.63, 3.8) is 0 Å². The summed E-state index contributed by atoms with van der Waals surface area (Å²) in [5.74, 6) is -2.39. The Morgan fingerprint density at radius 3 is 2.59 bits per heavy atom. The fourth-order valence-electron chi connectivity index (χ4n) is 2.34. The van der Waals surface area contributed by atoms with E-state index in [1.807, 2.05) is 10.6 Å². The number of carbonyl (C=O) groups excluding carboxylic acids is 2. The van der Waals surface area contributed by atoms with E-state index in [1.54, 1.807) is 0 Å². The zero-order valence-electron chi connectivity index (χ0n) is 11.6. The first-order chi connectivity index (χ1) is 10.1. The van der Waals surface area contributed by atoms with E-state index in [2.05, 4.69) is 5.16 Å². The summed E-state index contributed by atoms with van der Waals surface area (Å²) in [5.41, 5.74) is -7.62. The number of aliphatic hydroxyl groups excluding tert-OH is 2. The van der Waals surface area contributed by atoms with Crippen LogP contribution >= 0.6 is 0 Å². The highest BCUT2D eigenvalue weighted by atomic mass is 16.5. The molecule has 0 aromatic heterocycles. The van der Waals surface area contributed by atoms with Crippen molar-refractivity contribution >= 4 is 17.5 Å². The Hall–Kier alpha value is -1.79. The van der Waals surface area contributed by atoms with Gasteiger partial charge in [-0.25, -0.2) is 0 Å². The highest BCUT2D eigenvalue weighted by Crippen LogP contribution is 2.30. The molecule has 0 aromatic rings. The normalized spacial score (nSPS) is 37.8. The highest BCUT2D eigenvalue weighted by Gasteiger charge is 2.64. The lowest BCUT2D eigenvalue weighted by Gasteiger charge is -2.49. The summed E-state index contributed by atoms with van der Waals surface area (Å²) in [7, 11) is 0. The van der Waals surface area contributed by atoms with Crippen LogP contribution in [-0.2, 0) is 14.3 Å². The number of aliphatic hydroxyl groups is 4. The molecule has 0 aliphatic carbocycles. The summed E-state index contributed by atoms with van der Waals surface area (Å²) in [6.45, 7) is -0.195. The van der Waals surface area contributed by atoms with Crippen molar-refractivity contribution < 1.29 is 40.0 Å². The van der Waals surface area contributed by atoms with Crippen LogP contribution < -0.4 is 10.6 Å². The minimum Gasteiger partial charge on any atom is -0.411 e. The Labute approximate surface area is 124 Å². The van der Waals surface area contributed by atoms with Crippen LogP contribution in [0.5, 0.6) is 0 Å². The molecule has 2 amide bonds. The van der Waals surface area contributed by atoms with E-state index >= 15 is 0 Å². The van der Waals surface area contributed by atoms with Crippen molar-refractivity contribution in [3.05, 3.63) is 0 Å². The Morgan fingerprint density at radius 2 is 2.05 bits per heavy atom. The maximum Gasteiger partial charge on any atom is 0.282 e. The molecule has 3 aliphatic heterocycles. The first-order valence-electron chi connectivity index (χ1n) is 6.38. The van der Waals surface area contributed by atoms with E-state index in [0.717, 1.165) is 6.92 Å². The molecule has 0 radical (unpaired) electrons. The van der Waals surface area contributed by atoms with Gasteiger partial charge < -0.3 is 41.0 Å². The van der Waals surface area contributed by atoms with Crippen molar-refractivity contribution in [1.82, 2.24) is 10.6 Å². The Morgan fingerprint density at radius 1 is 1.41 bits per heavy atom. The molecule has 3 heterocycles. The SMILES string of the molecule is C[C@](O)(CO)[C@H](O)[C@@]12NC(=O)[C@@](O)(NC1=O)C(=NO)CCO2. The zero-order valence-corrected chi connectivity index (χ0v) is 11.6. The molecule has 0 unspecified atom stereocenters. The molecule has 22 heavy (non-hydrogen) atoms. The third-order valence-electron chi connectivity index (χ3n) is 3.76. The molecular weight excluding hydrogens is 302 g/mol. The van der Waals surface area contributed by atoms with Gasteiger partial charge in [0, 0.05) is 6.42 Å². The Kier molecular flexibility index (Phi) is 3.87. The third kappa shape index (κ3) is 2.14. The van der Waals surface area contributed by atoms with E-state index < -0.39 is 47.3 Å². The summed E-state index contributed by atoms with van der Waals surface area (Å²) in [6, 6.07) is 0. The van der Waals surface area contributed by atoms with E-state index in [-0.39, 0.29) is 13.0 Å². The van der Waals surface area contributed by atoms with Gasteiger partial charge in [-0.1, -0.05) is 5.16 Å². The summed E-state index contributed by atoms with van der Waals surface area (Å²) < 4.78 is 5.20. The number of nitrogens with zero attached hydrogens (tertiary/aromatic N) is 1. The summed E-state index contributed by atoms with van der Waals surface area (Å²) >= 11 is 0. The molecule has 11 nitrogen and oxygen atoms in total. The second-order valence-corrected chi connectivity index (χ2v) is 5.42. The maximum atomic E-state index is 12.3. The van der Waals surface area contributed by atoms with Gasteiger partial charge in [-0.15, -0.1) is 0 Å².